The summed E-state index contributed by atoms with van der Waals surface area (Å²) in [5.41, 5.74) is 1.74. The zero-order chi connectivity index (χ0) is 24.8. The molecule has 2 aromatic carbocycles. The van der Waals surface area contributed by atoms with E-state index in [2.05, 4.69) is 20.9 Å². The first-order chi connectivity index (χ1) is 16.4. The molecule has 0 unspecified atom stereocenters. The average Bonchev–Trinajstić information content (AvgIpc) is 2.84. The van der Waals surface area contributed by atoms with E-state index in [0.717, 1.165) is 21.8 Å². The van der Waals surface area contributed by atoms with Crippen molar-refractivity contribution >= 4 is 72.7 Å². The van der Waals surface area contributed by atoms with Gasteiger partial charge in [0.2, 0.25) is 0 Å². The molecule has 182 valence electrons. The molecule has 8 nitrogen and oxygen atoms in total. The fourth-order valence-electron chi connectivity index (χ4n) is 2.65. The van der Waals surface area contributed by atoms with Crippen LogP contribution in [0.25, 0.3) is 0 Å². The molecule has 12 heteroatoms. The van der Waals surface area contributed by atoms with Crippen LogP contribution in [0.1, 0.15) is 11.1 Å². The van der Waals surface area contributed by atoms with Crippen LogP contribution in [-0.4, -0.2) is 73.0 Å². The summed E-state index contributed by atoms with van der Waals surface area (Å²) in [6.45, 7) is 0.990. The molecule has 2 aromatic rings. The van der Waals surface area contributed by atoms with Gasteiger partial charge in [-0.15, -0.1) is 0 Å². The Morgan fingerprint density at radius 1 is 0.706 bits per heavy atom. The van der Waals surface area contributed by atoms with E-state index in [0.29, 0.717) is 49.4 Å². The minimum absolute atomic E-state index is 0.0444. The second kappa shape index (κ2) is 15.8. The number of benzene rings is 2. The van der Waals surface area contributed by atoms with Gasteiger partial charge in [-0.2, -0.15) is 0 Å². The zero-order valence-corrected chi connectivity index (χ0v) is 23.0. The predicted molar refractivity (Wildman–Crippen MR) is 136 cm³/mol. The van der Waals surface area contributed by atoms with Gasteiger partial charge in [0.15, 0.2) is 0 Å². The first-order valence-electron chi connectivity index (χ1n) is 10.1. The van der Waals surface area contributed by atoms with E-state index in [1.165, 1.54) is 0 Å². The Hall–Kier alpha value is -2.06. The Kier molecular flexibility index (Phi) is 13.1. The van der Waals surface area contributed by atoms with Crippen molar-refractivity contribution in [1.29, 1.82) is 0 Å². The van der Waals surface area contributed by atoms with Crippen molar-refractivity contribution in [2.24, 2.45) is 10.3 Å². The summed E-state index contributed by atoms with van der Waals surface area (Å²) >= 11 is 12.4. The monoisotopic (exact) mass is 638 g/mol. The molecule has 4 N–H and O–H groups in total. The molecule has 0 aliphatic carbocycles. The van der Waals surface area contributed by atoms with Crippen molar-refractivity contribution in [3.8, 4) is 0 Å². The molecule has 0 spiro atoms. The number of nitrogens with zero attached hydrogens (tertiary/aromatic N) is 2. The molecule has 0 aliphatic rings. The summed E-state index contributed by atoms with van der Waals surface area (Å²) in [7, 11) is 0. The van der Waals surface area contributed by atoms with Crippen molar-refractivity contribution in [2.75, 3.05) is 13.1 Å². The van der Waals surface area contributed by atoms with Crippen LogP contribution in [0.2, 0.25) is 20.7 Å². The van der Waals surface area contributed by atoms with E-state index in [1.54, 1.807) is 48.5 Å². The van der Waals surface area contributed by atoms with Crippen LogP contribution in [0.4, 0.5) is 0 Å². The molecule has 0 fully saturated rings. The van der Waals surface area contributed by atoms with E-state index in [4.69, 9.17) is 33.6 Å². The molecule has 0 atom stereocenters. The molecule has 0 heterocycles. The third-order valence-electron chi connectivity index (χ3n) is 4.36. The van der Waals surface area contributed by atoms with Crippen molar-refractivity contribution < 1.29 is 20.0 Å². The van der Waals surface area contributed by atoms with Crippen LogP contribution >= 0.6 is 23.2 Å². The van der Waals surface area contributed by atoms with Gasteiger partial charge in [0.05, 0.1) is 0 Å². The number of rotatable bonds is 13. The predicted octanol–water partition coefficient (Wildman–Crippen LogP) is 2.83. The van der Waals surface area contributed by atoms with E-state index < -0.39 is 11.8 Å². The van der Waals surface area contributed by atoms with E-state index in [9.17, 15) is 9.59 Å². The van der Waals surface area contributed by atoms with Crippen LogP contribution < -0.4 is 10.6 Å². The van der Waals surface area contributed by atoms with Gasteiger partial charge in [-0.05, 0) is 0 Å². The first-order valence-corrected chi connectivity index (χ1v) is 17.7. The summed E-state index contributed by atoms with van der Waals surface area (Å²) in [6.07, 6.45) is 0.427. The Bertz CT molecular complexity index is 921. The number of amides is 2. The van der Waals surface area contributed by atoms with Gasteiger partial charge in [0, 0.05) is 0 Å². The Morgan fingerprint density at radius 2 is 1.06 bits per heavy atom. The Morgan fingerprint density at radius 3 is 1.38 bits per heavy atom. The number of nitrogens with one attached hydrogen (secondary N) is 2. The number of carbonyl (C=O) groups is 2. The summed E-state index contributed by atoms with van der Waals surface area (Å²) in [6, 6.07) is 14.0. The summed E-state index contributed by atoms with van der Waals surface area (Å²) in [5, 5.41) is 33.0. The van der Waals surface area contributed by atoms with Crippen LogP contribution in [0.15, 0.2) is 58.8 Å². The molecule has 0 saturated heterocycles. The average molecular weight is 637 g/mol. The van der Waals surface area contributed by atoms with E-state index >= 15 is 0 Å². The second-order valence-electron chi connectivity index (χ2n) is 6.86. The third-order valence-corrected chi connectivity index (χ3v) is 12.2. The summed E-state index contributed by atoms with van der Waals surface area (Å²) < 4.78 is 0. The fourth-order valence-corrected chi connectivity index (χ4v) is 8.56. The fraction of sp³-hybridized carbons (Fsp3) is 0.273. The van der Waals surface area contributed by atoms with Crippen LogP contribution in [0.5, 0.6) is 0 Å². The van der Waals surface area contributed by atoms with Gasteiger partial charge in [-0.25, -0.2) is 0 Å². The number of hydrogen-bond donors (Lipinski definition) is 4. The normalized spacial score (nSPS) is 11.8. The Balaban J connectivity index is 1.58. The minimum atomic E-state index is -0.399. The third kappa shape index (κ3) is 10.5. The molecular formula is C22H24Cl2N4O4Se2. The van der Waals surface area contributed by atoms with Gasteiger partial charge < -0.3 is 0 Å². The summed E-state index contributed by atoms with van der Waals surface area (Å²) in [4.78, 5) is 24.4. The van der Waals surface area contributed by atoms with Gasteiger partial charge >= 0.3 is 220 Å². The number of oxime groups is 2. The summed E-state index contributed by atoms with van der Waals surface area (Å²) in [5.74, 6) is -0.797. The number of halogens is 2. The van der Waals surface area contributed by atoms with Gasteiger partial charge in [0.1, 0.15) is 0 Å². The molecule has 0 saturated carbocycles. The van der Waals surface area contributed by atoms with E-state index in [1.807, 2.05) is 0 Å². The maximum atomic E-state index is 12.2. The maximum absolute atomic E-state index is 12.2. The number of hydrogen-bond acceptors (Lipinski definition) is 6. The quantitative estimate of drug-likeness (QED) is 0.0888. The second-order valence-corrected chi connectivity index (χ2v) is 15.6. The van der Waals surface area contributed by atoms with Crippen LogP contribution in [-0.2, 0) is 22.4 Å². The van der Waals surface area contributed by atoms with Crippen LogP contribution in [0, 0.1) is 0 Å². The zero-order valence-electron chi connectivity index (χ0n) is 18.0. The first kappa shape index (κ1) is 28.2. The van der Waals surface area contributed by atoms with Gasteiger partial charge in [0.25, 0.3) is 0 Å². The van der Waals surface area contributed by atoms with Crippen molar-refractivity contribution in [3.63, 3.8) is 0 Å². The Labute approximate surface area is 219 Å². The van der Waals surface area contributed by atoms with E-state index in [-0.39, 0.29) is 24.3 Å². The molecule has 0 aromatic heterocycles. The molecule has 34 heavy (non-hydrogen) atoms. The van der Waals surface area contributed by atoms with Crippen molar-refractivity contribution in [2.45, 2.75) is 23.5 Å². The van der Waals surface area contributed by atoms with Crippen molar-refractivity contribution in [1.82, 2.24) is 10.6 Å². The molecule has 0 radical (unpaired) electrons. The molecule has 0 bridgehead atoms. The SMILES string of the molecule is O=C(NCC[Se][Se]CCNC(=O)/C(Cc1ccc(Cl)cc1)=N/O)/C(Cc1ccc(Cl)cc1)=N/O. The molecule has 2 amide bonds. The van der Waals surface area contributed by atoms with Crippen molar-refractivity contribution in [3.05, 3.63) is 69.7 Å². The standard InChI is InChI=1S/C22H24Cl2N4O4Se2/c23-17-5-1-15(2-6-17)13-19(27-31)21(29)25-9-11-33-34-12-10-26-22(30)20(28-32)14-16-3-7-18(24)8-4-16/h1-8,31-32H,9-14H2,(H,25,29)(H,26,30)/b27-19+,28-20+. The molecule has 0 aliphatic heterocycles. The molecule has 2 rings (SSSR count). The van der Waals surface area contributed by atoms with Gasteiger partial charge in [-0.3, -0.25) is 0 Å². The van der Waals surface area contributed by atoms with Gasteiger partial charge in [-0.1, -0.05) is 0 Å². The topological polar surface area (TPSA) is 123 Å². The number of carbonyl (C=O) groups excluding carboxylic acids is 2. The van der Waals surface area contributed by atoms with Crippen LogP contribution in [0.3, 0.4) is 0 Å². The molecular weight excluding hydrogens is 613 g/mol.